The summed E-state index contributed by atoms with van der Waals surface area (Å²) in [6.07, 6.45) is 0. The van der Waals surface area contributed by atoms with E-state index in [9.17, 15) is 9.59 Å². The van der Waals surface area contributed by atoms with Crippen molar-refractivity contribution in [1.29, 1.82) is 0 Å². The van der Waals surface area contributed by atoms with E-state index in [4.69, 9.17) is 31.0 Å². The van der Waals surface area contributed by atoms with E-state index in [0.29, 0.717) is 33.2 Å². The molecule has 0 unspecified atom stereocenters. The number of carbonyl (C=O) groups excluding carboxylic acids is 2. The second kappa shape index (κ2) is 11.6. The van der Waals surface area contributed by atoms with Crippen molar-refractivity contribution >= 4 is 40.2 Å². The normalized spacial score (nSPS) is 10.8. The van der Waals surface area contributed by atoms with Gasteiger partial charge in [0.15, 0.2) is 6.61 Å². The van der Waals surface area contributed by atoms with Crippen molar-refractivity contribution < 1.29 is 19.1 Å². The molecule has 5 rings (SSSR count). The van der Waals surface area contributed by atoms with Crippen molar-refractivity contribution in [1.82, 2.24) is 9.97 Å². The van der Waals surface area contributed by atoms with Gasteiger partial charge < -0.3 is 14.8 Å². The lowest BCUT2D eigenvalue weighted by molar-refractivity contribution is -0.119. The van der Waals surface area contributed by atoms with Crippen LogP contribution in [-0.4, -0.2) is 35.6 Å². The van der Waals surface area contributed by atoms with Gasteiger partial charge in [0, 0.05) is 16.1 Å². The van der Waals surface area contributed by atoms with E-state index in [1.807, 2.05) is 62.4 Å². The number of aromatic nitrogens is 2. The van der Waals surface area contributed by atoms with Crippen molar-refractivity contribution in [3.8, 4) is 28.3 Å². The molecule has 7 nitrogen and oxygen atoms in total. The summed E-state index contributed by atoms with van der Waals surface area (Å²) >= 11 is 6.02. The van der Waals surface area contributed by atoms with Gasteiger partial charge in [0.25, 0.3) is 5.91 Å². The van der Waals surface area contributed by atoms with Crippen molar-refractivity contribution in [2.75, 3.05) is 19.0 Å². The number of halogens is 1. The summed E-state index contributed by atoms with van der Waals surface area (Å²) in [4.78, 5) is 35.1. The molecule has 0 atom stereocenters. The van der Waals surface area contributed by atoms with Gasteiger partial charge in [0.1, 0.15) is 5.75 Å². The molecular formula is C32H26ClN3O4. The minimum Gasteiger partial charge on any atom is -0.495 e. The summed E-state index contributed by atoms with van der Waals surface area (Å²) in [5.41, 5.74) is 7.41. The van der Waals surface area contributed by atoms with Crippen LogP contribution < -0.4 is 10.1 Å². The number of ether oxygens (including phenoxy) is 2. The minimum atomic E-state index is -0.656. The Bertz CT molecular complexity index is 1720. The number of carbonyl (C=O) groups is 2. The van der Waals surface area contributed by atoms with Gasteiger partial charge in [-0.2, -0.15) is 0 Å². The number of fused-ring (bicyclic) bond motifs is 1. The molecule has 0 radical (unpaired) electrons. The van der Waals surface area contributed by atoms with E-state index in [0.717, 1.165) is 27.9 Å². The fourth-order valence-electron chi connectivity index (χ4n) is 4.19. The third kappa shape index (κ3) is 5.95. The van der Waals surface area contributed by atoms with E-state index in [1.165, 1.54) is 7.11 Å². The van der Waals surface area contributed by atoms with Crippen LogP contribution in [-0.2, 0) is 9.53 Å². The van der Waals surface area contributed by atoms with Gasteiger partial charge in [-0.3, -0.25) is 4.79 Å². The number of hydrogen-bond acceptors (Lipinski definition) is 6. The minimum absolute atomic E-state index is 0.257. The number of anilines is 1. The topological polar surface area (TPSA) is 90.4 Å². The molecular weight excluding hydrogens is 526 g/mol. The van der Waals surface area contributed by atoms with Crippen LogP contribution in [0.25, 0.3) is 33.5 Å². The summed E-state index contributed by atoms with van der Waals surface area (Å²) in [5, 5.41) is 3.08. The zero-order valence-electron chi connectivity index (χ0n) is 22.2. The SMILES string of the molecule is COc1ccc(Cl)cc1NC(=O)COC(=O)c1ccc2nc(-c3ccc(C)cc3)c(-c3ccc(C)cc3)nc2c1. The van der Waals surface area contributed by atoms with Gasteiger partial charge in [-0.25, -0.2) is 14.8 Å². The zero-order valence-corrected chi connectivity index (χ0v) is 23.0. The second-order valence-corrected chi connectivity index (χ2v) is 9.76. The van der Waals surface area contributed by atoms with Crippen LogP contribution >= 0.6 is 11.6 Å². The molecule has 0 aliphatic heterocycles. The Kier molecular flexibility index (Phi) is 7.75. The first-order valence-electron chi connectivity index (χ1n) is 12.6. The molecule has 1 heterocycles. The van der Waals surface area contributed by atoms with Gasteiger partial charge in [-0.1, -0.05) is 71.3 Å². The standard InChI is InChI=1S/C32H26ClN3O4/c1-19-4-8-21(9-5-19)30-31(22-10-6-20(2)7-11-22)36-26-16-23(12-14-25(26)35-30)32(38)40-18-29(37)34-27-17-24(33)13-15-28(27)39-3/h4-17H,18H2,1-3H3,(H,34,37). The van der Waals surface area contributed by atoms with Gasteiger partial charge in [0.2, 0.25) is 0 Å². The summed E-state index contributed by atoms with van der Waals surface area (Å²) < 4.78 is 10.5. The molecule has 0 aliphatic rings. The molecule has 5 aromatic rings. The summed E-state index contributed by atoms with van der Waals surface area (Å²) in [7, 11) is 1.48. The molecule has 1 aromatic heterocycles. The fraction of sp³-hybridized carbons (Fsp3) is 0.125. The van der Waals surface area contributed by atoms with E-state index < -0.39 is 18.5 Å². The molecule has 0 fully saturated rings. The lowest BCUT2D eigenvalue weighted by Gasteiger charge is -2.12. The third-order valence-electron chi connectivity index (χ3n) is 6.32. The molecule has 1 amide bonds. The summed E-state index contributed by atoms with van der Waals surface area (Å²) in [6, 6.07) is 26.0. The first-order valence-corrected chi connectivity index (χ1v) is 12.9. The highest BCUT2D eigenvalue weighted by Gasteiger charge is 2.17. The van der Waals surface area contributed by atoms with E-state index in [-0.39, 0.29) is 5.56 Å². The largest absolute Gasteiger partial charge is 0.495 e. The number of nitrogens with zero attached hydrogens (tertiary/aromatic N) is 2. The maximum Gasteiger partial charge on any atom is 0.338 e. The Morgan fingerprint density at radius 3 is 1.98 bits per heavy atom. The van der Waals surface area contributed by atoms with Crippen molar-refractivity contribution in [2.45, 2.75) is 13.8 Å². The van der Waals surface area contributed by atoms with Crippen LogP contribution in [0.15, 0.2) is 84.9 Å². The van der Waals surface area contributed by atoms with Gasteiger partial charge >= 0.3 is 5.97 Å². The molecule has 0 saturated heterocycles. The average molecular weight is 552 g/mol. The molecule has 0 spiro atoms. The molecule has 8 heteroatoms. The summed E-state index contributed by atoms with van der Waals surface area (Å²) in [6.45, 7) is 3.58. The number of benzene rings is 4. The number of hydrogen-bond donors (Lipinski definition) is 1. The molecule has 0 saturated carbocycles. The Morgan fingerprint density at radius 2 is 1.38 bits per heavy atom. The first-order chi connectivity index (χ1) is 19.3. The molecule has 0 bridgehead atoms. The average Bonchev–Trinajstić information content (AvgIpc) is 2.96. The molecule has 1 N–H and O–H groups in total. The van der Waals surface area contributed by atoms with Crippen LogP contribution in [0.1, 0.15) is 21.5 Å². The van der Waals surface area contributed by atoms with Crippen molar-refractivity contribution in [2.24, 2.45) is 0 Å². The Labute approximate surface area is 236 Å². The monoisotopic (exact) mass is 551 g/mol. The van der Waals surface area contributed by atoms with E-state index in [1.54, 1.807) is 36.4 Å². The van der Waals surface area contributed by atoms with Crippen LogP contribution in [0.2, 0.25) is 5.02 Å². The molecule has 200 valence electrons. The number of rotatable bonds is 7. The second-order valence-electron chi connectivity index (χ2n) is 9.33. The maximum absolute atomic E-state index is 12.8. The van der Waals surface area contributed by atoms with Crippen LogP contribution in [0, 0.1) is 13.8 Å². The van der Waals surface area contributed by atoms with Crippen LogP contribution in [0.4, 0.5) is 5.69 Å². The first kappa shape index (κ1) is 26.8. The van der Waals surface area contributed by atoms with Crippen molar-refractivity contribution in [3.05, 3.63) is 107 Å². The Balaban J connectivity index is 1.41. The number of nitrogens with one attached hydrogen (secondary N) is 1. The Hall–Kier alpha value is -4.75. The van der Waals surface area contributed by atoms with Gasteiger partial charge in [-0.15, -0.1) is 0 Å². The van der Waals surface area contributed by atoms with E-state index in [2.05, 4.69) is 5.32 Å². The lowest BCUT2D eigenvalue weighted by atomic mass is 10.0. The summed E-state index contributed by atoms with van der Waals surface area (Å²) in [5.74, 6) is -0.748. The quantitative estimate of drug-likeness (QED) is 0.218. The highest BCUT2D eigenvalue weighted by molar-refractivity contribution is 6.31. The fourth-order valence-corrected chi connectivity index (χ4v) is 4.36. The van der Waals surface area contributed by atoms with Crippen LogP contribution in [0.3, 0.4) is 0 Å². The highest BCUT2D eigenvalue weighted by Crippen LogP contribution is 2.32. The lowest BCUT2D eigenvalue weighted by Crippen LogP contribution is -2.21. The number of methoxy groups -OCH3 is 1. The van der Waals surface area contributed by atoms with Gasteiger partial charge in [0.05, 0.1) is 40.8 Å². The van der Waals surface area contributed by atoms with Crippen molar-refractivity contribution in [3.63, 3.8) is 0 Å². The predicted octanol–water partition coefficient (Wildman–Crippen LogP) is 7.04. The Morgan fingerprint density at radius 1 is 0.775 bits per heavy atom. The zero-order chi connectivity index (χ0) is 28.2. The maximum atomic E-state index is 12.8. The third-order valence-corrected chi connectivity index (χ3v) is 6.56. The molecule has 4 aromatic carbocycles. The highest BCUT2D eigenvalue weighted by atomic mass is 35.5. The predicted molar refractivity (Wildman–Crippen MR) is 157 cm³/mol. The number of amides is 1. The van der Waals surface area contributed by atoms with Crippen LogP contribution in [0.5, 0.6) is 5.75 Å². The molecule has 40 heavy (non-hydrogen) atoms. The smallest absolute Gasteiger partial charge is 0.338 e. The molecule has 0 aliphatic carbocycles. The van der Waals surface area contributed by atoms with Gasteiger partial charge in [-0.05, 0) is 50.2 Å². The number of aryl methyl sites for hydroxylation is 2. The van der Waals surface area contributed by atoms with E-state index >= 15 is 0 Å². The number of esters is 1.